The topological polar surface area (TPSA) is 84.5 Å². The number of nitrogen functional groups attached to an aromatic ring is 1. The summed E-state index contributed by atoms with van der Waals surface area (Å²) < 4.78 is 28.4. The summed E-state index contributed by atoms with van der Waals surface area (Å²) in [4.78, 5) is 13.0. The zero-order chi connectivity index (χ0) is 19.4. The molecule has 0 saturated carbocycles. The Balaban J connectivity index is 1.84. The monoisotopic (exact) mass is 382 g/mol. The number of hydrogen-bond acceptors (Lipinski definition) is 5. The molecule has 0 heterocycles. The van der Waals surface area contributed by atoms with Crippen molar-refractivity contribution >= 4 is 27.9 Å². The van der Waals surface area contributed by atoms with Gasteiger partial charge in [0, 0.05) is 12.6 Å². The number of nitrogens with zero attached hydrogens (tertiary/aromatic N) is 1. The van der Waals surface area contributed by atoms with Crippen molar-refractivity contribution in [3.63, 3.8) is 0 Å². The first-order valence-corrected chi connectivity index (χ1v) is 9.17. The van der Waals surface area contributed by atoms with E-state index >= 15 is 0 Å². The summed E-state index contributed by atoms with van der Waals surface area (Å²) >= 11 is 0. The first-order valence-electron chi connectivity index (χ1n) is 8.06. The molecule has 0 aromatic heterocycles. The van der Waals surface area contributed by atoms with E-state index in [0.29, 0.717) is 21.8 Å². The summed E-state index contributed by atoms with van der Waals surface area (Å²) in [7, 11) is 0.0330. The van der Waals surface area contributed by atoms with E-state index in [-0.39, 0.29) is 11.7 Å². The number of hydrogen-bond donors (Lipinski definition) is 2. The Bertz CT molecular complexity index is 1060. The van der Waals surface area contributed by atoms with Crippen LogP contribution in [0.5, 0.6) is 0 Å². The van der Waals surface area contributed by atoms with E-state index < -0.39 is 10.6 Å². The van der Waals surface area contributed by atoms with Gasteiger partial charge in [-0.25, -0.2) is 4.39 Å². The molecule has 1 amide bonds. The fraction of sp³-hybridized carbons (Fsp3) is 0.0500. The number of amides is 1. The zero-order valence-electron chi connectivity index (χ0n) is 14.5. The van der Waals surface area contributed by atoms with Gasteiger partial charge in [0.25, 0.3) is 5.91 Å². The van der Waals surface area contributed by atoms with Gasteiger partial charge in [-0.2, -0.15) is 10.6 Å². The van der Waals surface area contributed by atoms with E-state index in [1.54, 1.807) is 54.6 Å². The van der Waals surface area contributed by atoms with Crippen LogP contribution in [0.4, 0.5) is 15.8 Å². The zero-order valence-corrected chi connectivity index (χ0v) is 15.3. The van der Waals surface area contributed by atoms with Crippen molar-refractivity contribution in [3.05, 3.63) is 78.1 Å². The van der Waals surface area contributed by atoms with Crippen LogP contribution in [0.3, 0.4) is 0 Å². The fourth-order valence-electron chi connectivity index (χ4n) is 2.51. The number of anilines is 2. The Hall–Kier alpha value is -3.19. The van der Waals surface area contributed by atoms with Crippen LogP contribution >= 0.6 is 0 Å². The molecule has 3 aromatic rings. The van der Waals surface area contributed by atoms with Crippen molar-refractivity contribution in [2.45, 2.75) is 4.90 Å². The standard InChI is InChI=1S/C20H17FN3O2S/c1-23-27(26)17-9-4-14(5-10-17)20(25)24-19-12-15(6-11-18(19)22)13-2-7-16(21)8-3-13/h2-12H,22H2,1H3,(H,24,25)/q-1. The van der Waals surface area contributed by atoms with Gasteiger partial charge in [-0.05, 0) is 35.4 Å². The van der Waals surface area contributed by atoms with Crippen LogP contribution in [-0.2, 0) is 14.8 Å². The molecular weight excluding hydrogens is 365 g/mol. The maximum atomic E-state index is 13.1. The number of halogens is 1. The summed E-state index contributed by atoms with van der Waals surface area (Å²) in [5, 5.41) is 2.77. The fourth-order valence-corrected chi connectivity index (χ4v) is 3.09. The third kappa shape index (κ3) is 4.32. The lowest BCUT2D eigenvalue weighted by molar-refractivity contribution is 0.102. The van der Waals surface area contributed by atoms with Crippen molar-refractivity contribution in [2.24, 2.45) is 4.36 Å². The molecular formula is C20H17FN3O2S-. The van der Waals surface area contributed by atoms with Crippen molar-refractivity contribution in [2.75, 3.05) is 18.1 Å². The second-order valence-electron chi connectivity index (χ2n) is 5.72. The van der Waals surface area contributed by atoms with Crippen molar-refractivity contribution in [1.29, 1.82) is 0 Å². The molecule has 3 aromatic carbocycles. The van der Waals surface area contributed by atoms with Gasteiger partial charge >= 0.3 is 0 Å². The Morgan fingerprint density at radius 1 is 1.00 bits per heavy atom. The molecule has 0 saturated heterocycles. The lowest BCUT2D eigenvalue weighted by Crippen LogP contribution is -2.13. The third-order valence-electron chi connectivity index (χ3n) is 3.96. The molecule has 0 aliphatic carbocycles. The van der Waals surface area contributed by atoms with E-state index in [4.69, 9.17) is 5.73 Å². The molecule has 0 aliphatic heterocycles. The molecule has 5 nitrogen and oxygen atoms in total. The van der Waals surface area contributed by atoms with Crippen LogP contribution in [0.15, 0.2) is 76.0 Å². The quantitative estimate of drug-likeness (QED) is 0.516. The molecule has 0 aliphatic rings. The first-order chi connectivity index (χ1) is 13.0. The maximum Gasteiger partial charge on any atom is 0.255 e. The van der Waals surface area contributed by atoms with E-state index in [2.05, 4.69) is 9.68 Å². The van der Waals surface area contributed by atoms with Crippen LogP contribution in [-0.4, -0.2) is 13.0 Å². The minimum Gasteiger partial charge on any atom is -0.440 e. The number of rotatable bonds is 4. The molecule has 7 heteroatoms. The largest absolute Gasteiger partial charge is 0.440 e. The molecule has 3 rings (SSSR count). The summed E-state index contributed by atoms with van der Waals surface area (Å²) in [5.74, 6) is -0.660. The summed E-state index contributed by atoms with van der Waals surface area (Å²) in [6.45, 7) is 0. The number of nitrogens with one attached hydrogen (secondary N) is 1. The predicted molar refractivity (Wildman–Crippen MR) is 105 cm³/mol. The normalized spacial score (nSPS) is 11.9. The molecule has 0 spiro atoms. The number of nitrogens with two attached hydrogens (primary N) is 1. The molecule has 0 unspecified atom stereocenters. The van der Waals surface area contributed by atoms with Crippen molar-refractivity contribution in [3.8, 4) is 11.1 Å². The minimum absolute atomic E-state index is 0.317. The highest BCUT2D eigenvalue weighted by Gasteiger charge is 2.09. The van der Waals surface area contributed by atoms with Gasteiger partial charge in [0.15, 0.2) is 0 Å². The number of carbonyl (C=O) groups excluding carboxylic acids is 1. The molecule has 3 N–H and O–H groups in total. The van der Waals surface area contributed by atoms with Crippen LogP contribution in [0.2, 0.25) is 0 Å². The average molecular weight is 382 g/mol. The lowest BCUT2D eigenvalue weighted by Gasteiger charge is -2.11. The van der Waals surface area contributed by atoms with E-state index in [1.165, 1.54) is 19.2 Å². The van der Waals surface area contributed by atoms with Gasteiger partial charge in [-0.3, -0.25) is 4.79 Å². The Morgan fingerprint density at radius 2 is 1.63 bits per heavy atom. The second kappa shape index (κ2) is 8.01. The number of benzene rings is 3. The molecule has 27 heavy (non-hydrogen) atoms. The smallest absolute Gasteiger partial charge is 0.255 e. The van der Waals surface area contributed by atoms with Crippen LogP contribution in [0, 0.1) is 5.82 Å². The van der Waals surface area contributed by atoms with Crippen LogP contribution < -0.4 is 11.1 Å². The Labute approximate surface area is 158 Å². The minimum atomic E-state index is -1.43. The number of carbonyl (C=O) groups is 1. The van der Waals surface area contributed by atoms with Gasteiger partial charge in [-0.15, -0.1) is 0 Å². The third-order valence-corrected chi connectivity index (χ3v) is 4.97. The SMILES string of the molecule is CN=[S-](=O)c1ccc(C(=O)Nc2cc(-c3ccc(F)cc3)ccc2N)cc1. The summed E-state index contributed by atoms with van der Waals surface area (Å²) in [5.41, 5.74) is 8.85. The van der Waals surface area contributed by atoms with Gasteiger partial charge in [0.2, 0.25) is 0 Å². The van der Waals surface area contributed by atoms with Gasteiger partial charge in [-0.1, -0.05) is 47.4 Å². The Kier molecular flexibility index (Phi) is 5.52. The Morgan fingerprint density at radius 3 is 2.26 bits per heavy atom. The van der Waals surface area contributed by atoms with Gasteiger partial charge in [0.1, 0.15) is 5.82 Å². The van der Waals surface area contributed by atoms with E-state index in [9.17, 15) is 13.4 Å². The highest BCUT2D eigenvalue weighted by molar-refractivity contribution is 7.74. The van der Waals surface area contributed by atoms with Crippen LogP contribution in [0.25, 0.3) is 11.1 Å². The average Bonchev–Trinajstić information content (AvgIpc) is 2.69. The van der Waals surface area contributed by atoms with Crippen LogP contribution in [0.1, 0.15) is 10.4 Å². The van der Waals surface area contributed by atoms with Gasteiger partial charge < -0.3 is 19.6 Å². The molecule has 0 atom stereocenters. The molecule has 0 fully saturated rings. The highest BCUT2D eigenvalue weighted by atomic mass is 32.2. The van der Waals surface area contributed by atoms with E-state index in [0.717, 1.165) is 11.1 Å². The van der Waals surface area contributed by atoms with Crippen molar-refractivity contribution < 1.29 is 13.4 Å². The molecule has 0 radical (unpaired) electrons. The summed E-state index contributed by atoms with van der Waals surface area (Å²) in [6, 6.07) is 17.6. The van der Waals surface area contributed by atoms with Gasteiger partial charge in [0.05, 0.1) is 11.4 Å². The molecule has 138 valence electrons. The van der Waals surface area contributed by atoms with Crippen molar-refractivity contribution in [1.82, 2.24) is 0 Å². The lowest BCUT2D eigenvalue weighted by atomic mass is 10.0. The molecule has 0 bridgehead atoms. The second-order valence-corrected chi connectivity index (χ2v) is 7.05. The highest BCUT2D eigenvalue weighted by Crippen LogP contribution is 2.28. The van der Waals surface area contributed by atoms with E-state index in [1.807, 2.05) is 0 Å². The summed E-state index contributed by atoms with van der Waals surface area (Å²) in [6.07, 6.45) is 0. The maximum absolute atomic E-state index is 13.1. The first kappa shape index (κ1) is 18.6. The predicted octanol–water partition coefficient (Wildman–Crippen LogP) is 4.46.